The van der Waals surface area contributed by atoms with Gasteiger partial charge in [0.05, 0.1) is 16.8 Å². The number of aromatic nitrogens is 4. The van der Waals surface area contributed by atoms with E-state index in [2.05, 4.69) is 4.98 Å². The van der Waals surface area contributed by atoms with Crippen molar-refractivity contribution in [3.63, 3.8) is 0 Å². The minimum Gasteiger partial charge on any atom is -0.269 e. The minimum atomic E-state index is -0.0953. The van der Waals surface area contributed by atoms with Crippen LogP contribution in [0.15, 0.2) is 56.7 Å². The molecule has 0 unspecified atom stereocenters. The molecular weight excluding hydrogens is 472 g/mol. The van der Waals surface area contributed by atoms with Crippen molar-refractivity contribution in [2.24, 2.45) is 0 Å². The highest BCUT2D eigenvalue weighted by Crippen LogP contribution is 2.35. The molecule has 166 valence electrons. The maximum absolute atomic E-state index is 13.8. The van der Waals surface area contributed by atoms with E-state index in [0.717, 1.165) is 40.7 Å². The number of thiophene rings is 1. The molecule has 1 aliphatic rings. The minimum absolute atomic E-state index is 0.00695. The third-order valence-electron chi connectivity index (χ3n) is 5.96. The van der Waals surface area contributed by atoms with Crippen LogP contribution in [0.5, 0.6) is 0 Å². The molecule has 0 fully saturated rings. The van der Waals surface area contributed by atoms with Crippen molar-refractivity contribution in [2.75, 3.05) is 0 Å². The molecule has 0 N–H and O–H groups in total. The lowest BCUT2D eigenvalue weighted by Crippen LogP contribution is -2.22. The van der Waals surface area contributed by atoms with E-state index in [0.29, 0.717) is 21.6 Å². The van der Waals surface area contributed by atoms with Crippen LogP contribution < -0.4 is 11.1 Å². The van der Waals surface area contributed by atoms with Crippen molar-refractivity contribution in [3.05, 3.63) is 84.3 Å². The van der Waals surface area contributed by atoms with Crippen LogP contribution in [0.2, 0.25) is 0 Å². The highest BCUT2D eigenvalue weighted by atomic mass is 32.2. The molecule has 6 nitrogen and oxygen atoms in total. The summed E-state index contributed by atoms with van der Waals surface area (Å²) in [5.74, 6) is 0.457. The van der Waals surface area contributed by atoms with E-state index in [4.69, 9.17) is 4.98 Å². The molecule has 0 amide bonds. The van der Waals surface area contributed by atoms with Crippen molar-refractivity contribution < 1.29 is 0 Å². The van der Waals surface area contributed by atoms with Gasteiger partial charge in [0.1, 0.15) is 4.83 Å². The normalized spacial score (nSPS) is 13.6. The topological polar surface area (TPSA) is 69.3 Å². The summed E-state index contributed by atoms with van der Waals surface area (Å²) in [5, 5.41) is 3.25. The molecule has 5 aromatic rings. The van der Waals surface area contributed by atoms with E-state index in [-0.39, 0.29) is 11.1 Å². The smallest absolute Gasteiger partial charge is 0.267 e. The molecule has 4 aromatic heterocycles. The summed E-state index contributed by atoms with van der Waals surface area (Å²) in [4.78, 5) is 38.6. The Labute approximate surface area is 201 Å². The Morgan fingerprint density at radius 2 is 1.91 bits per heavy atom. The van der Waals surface area contributed by atoms with Crippen molar-refractivity contribution in [2.45, 2.75) is 43.5 Å². The third kappa shape index (κ3) is 3.64. The van der Waals surface area contributed by atoms with Crippen LogP contribution in [-0.2, 0) is 18.6 Å². The number of rotatable bonds is 4. The largest absolute Gasteiger partial charge is 0.269 e. The van der Waals surface area contributed by atoms with Crippen LogP contribution >= 0.6 is 34.4 Å². The molecule has 33 heavy (non-hydrogen) atoms. The van der Waals surface area contributed by atoms with E-state index in [9.17, 15) is 9.59 Å². The lowest BCUT2D eigenvalue weighted by Gasteiger charge is -2.14. The molecule has 0 saturated heterocycles. The number of nitrogens with zero attached hydrogens (tertiary/aromatic N) is 4. The van der Waals surface area contributed by atoms with Gasteiger partial charge in [-0.25, -0.2) is 9.97 Å². The standard InChI is InChI=1S/C24H20N4O2S3/c1-14-6-8-16(9-7-14)28-22(30)20-17-4-2-3-5-18(17)33-21(20)26-24(28)32-13-15-12-19(29)27-10-11-31-23(27)25-15/h6-12H,2-5,13H2,1H3. The van der Waals surface area contributed by atoms with Crippen molar-refractivity contribution in [3.8, 4) is 5.69 Å². The number of hydrogen-bond donors (Lipinski definition) is 0. The Kier molecular flexibility index (Phi) is 5.20. The molecular formula is C24H20N4O2S3. The Hall–Kier alpha value is -2.75. The second-order valence-electron chi connectivity index (χ2n) is 8.19. The third-order valence-corrected chi connectivity index (χ3v) is 8.87. The van der Waals surface area contributed by atoms with Gasteiger partial charge in [-0.05, 0) is 50.3 Å². The monoisotopic (exact) mass is 492 g/mol. The van der Waals surface area contributed by atoms with Crippen LogP contribution in [-0.4, -0.2) is 18.9 Å². The summed E-state index contributed by atoms with van der Waals surface area (Å²) >= 11 is 4.53. The predicted octanol–water partition coefficient (Wildman–Crippen LogP) is 5.00. The van der Waals surface area contributed by atoms with Gasteiger partial charge in [0, 0.05) is 28.3 Å². The molecule has 0 saturated carbocycles. The van der Waals surface area contributed by atoms with Gasteiger partial charge in [-0.2, -0.15) is 0 Å². The average Bonchev–Trinajstić information content (AvgIpc) is 3.43. The quantitative estimate of drug-likeness (QED) is 0.261. The predicted molar refractivity (Wildman–Crippen MR) is 135 cm³/mol. The van der Waals surface area contributed by atoms with Gasteiger partial charge < -0.3 is 0 Å². The van der Waals surface area contributed by atoms with Crippen LogP contribution in [0, 0.1) is 6.92 Å². The maximum atomic E-state index is 13.8. The van der Waals surface area contributed by atoms with Crippen molar-refractivity contribution in [1.29, 1.82) is 0 Å². The van der Waals surface area contributed by atoms with E-state index in [1.54, 1.807) is 32.6 Å². The van der Waals surface area contributed by atoms with Crippen molar-refractivity contribution >= 4 is 49.6 Å². The van der Waals surface area contributed by atoms with Crippen LogP contribution in [0.1, 0.15) is 34.5 Å². The number of benzene rings is 1. The fourth-order valence-electron chi connectivity index (χ4n) is 4.30. The first-order chi connectivity index (χ1) is 16.1. The summed E-state index contributed by atoms with van der Waals surface area (Å²) in [6.45, 7) is 2.03. The first-order valence-corrected chi connectivity index (χ1v) is 13.5. The first kappa shape index (κ1) is 20.8. The average molecular weight is 493 g/mol. The number of aryl methyl sites for hydroxylation is 3. The summed E-state index contributed by atoms with van der Waals surface area (Å²) < 4.78 is 3.27. The molecule has 0 bridgehead atoms. The highest BCUT2D eigenvalue weighted by molar-refractivity contribution is 7.98. The van der Waals surface area contributed by atoms with Crippen molar-refractivity contribution in [1.82, 2.24) is 18.9 Å². The fourth-order valence-corrected chi connectivity index (χ4v) is 7.25. The van der Waals surface area contributed by atoms with Gasteiger partial charge in [0.2, 0.25) is 0 Å². The van der Waals surface area contributed by atoms with Gasteiger partial charge in [-0.3, -0.25) is 18.6 Å². The van der Waals surface area contributed by atoms with E-state index in [1.807, 2.05) is 36.6 Å². The molecule has 6 rings (SSSR count). The second-order valence-corrected chi connectivity index (χ2v) is 11.1. The maximum Gasteiger partial charge on any atom is 0.267 e. The van der Waals surface area contributed by atoms with Gasteiger partial charge in [-0.1, -0.05) is 29.5 Å². The molecule has 0 spiro atoms. The van der Waals surface area contributed by atoms with Crippen LogP contribution in [0.4, 0.5) is 0 Å². The number of hydrogen-bond acceptors (Lipinski definition) is 7. The lowest BCUT2D eigenvalue weighted by atomic mass is 9.97. The first-order valence-electron chi connectivity index (χ1n) is 10.8. The molecule has 1 aliphatic carbocycles. The molecule has 9 heteroatoms. The molecule has 0 radical (unpaired) electrons. The van der Waals surface area contributed by atoms with Crippen LogP contribution in [0.25, 0.3) is 20.9 Å². The number of thioether (sulfide) groups is 1. The summed E-state index contributed by atoms with van der Waals surface area (Å²) in [6, 6.07) is 9.52. The summed E-state index contributed by atoms with van der Waals surface area (Å²) in [5.41, 5.74) is 3.71. The SMILES string of the molecule is Cc1ccc(-n2c(SCc3cc(=O)n4ccsc4n3)nc3sc4c(c3c2=O)CCCC4)cc1. The second kappa shape index (κ2) is 8.23. The van der Waals surface area contributed by atoms with E-state index in [1.165, 1.54) is 40.0 Å². The Balaban J connectivity index is 1.49. The zero-order valence-corrected chi connectivity index (χ0v) is 20.4. The summed E-state index contributed by atoms with van der Waals surface area (Å²) in [7, 11) is 0. The Morgan fingerprint density at radius 3 is 2.76 bits per heavy atom. The summed E-state index contributed by atoms with van der Waals surface area (Å²) in [6.07, 6.45) is 5.99. The molecule has 1 aromatic carbocycles. The Morgan fingerprint density at radius 1 is 1.09 bits per heavy atom. The van der Waals surface area contributed by atoms with Gasteiger partial charge in [-0.15, -0.1) is 22.7 Å². The molecule has 0 atom stereocenters. The fraction of sp³-hybridized carbons (Fsp3) is 0.250. The van der Waals surface area contributed by atoms with Gasteiger partial charge in [0.25, 0.3) is 11.1 Å². The highest BCUT2D eigenvalue weighted by Gasteiger charge is 2.23. The lowest BCUT2D eigenvalue weighted by molar-refractivity contribution is 0.699. The molecule has 4 heterocycles. The zero-order valence-electron chi connectivity index (χ0n) is 17.9. The zero-order chi connectivity index (χ0) is 22.5. The van der Waals surface area contributed by atoms with Crippen LogP contribution in [0.3, 0.4) is 0 Å². The van der Waals surface area contributed by atoms with E-state index < -0.39 is 0 Å². The van der Waals surface area contributed by atoms with E-state index >= 15 is 0 Å². The van der Waals surface area contributed by atoms with Gasteiger partial charge in [0.15, 0.2) is 10.1 Å². The number of fused-ring (bicyclic) bond motifs is 4. The van der Waals surface area contributed by atoms with Gasteiger partial charge >= 0.3 is 0 Å². The molecule has 0 aliphatic heterocycles. The Bertz CT molecular complexity index is 1630. The number of thiazole rings is 1.